The van der Waals surface area contributed by atoms with Gasteiger partial charge in [0.15, 0.2) is 23.2 Å². The molecule has 0 fully saturated rings. The summed E-state index contributed by atoms with van der Waals surface area (Å²) in [6.07, 6.45) is 1.77. The Morgan fingerprint density at radius 2 is 1.86 bits per heavy atom. The lowest BCUT2D eigenvalue weighted by atomic mass is 10.2. The zero-order chi connectivity index (χ0) is 10.1. The third kappa shape index (κ3) is 1.30. The second kappa shape index (κ2) is 3.06. The molecule has 0 aliphatic rings. The third-order valence-electron chi connectivity index (χ3n) is 1.63. The molecule has 0 saturated carbocycles. The van der Waals surface area contributed by atoms with E-state index in [2.05, 4.69) is 14.7 Å². The van der Waals surface area contributed by atoms with Crippen molar-refractivity contribution in [3.05, 3.63) is 30.1 Å². The van der Waals surface area contributed by atoms with Crippen LogP contribution in [0.5, 0.6) is 0 Å². The summed E-state index contributed by atoms with van der Waals surface area (Å²) in [7, 11) is 0. The van der Waals surface area contributed by atoms with Crippen LogP contribution in [0, 0.1) is 11.6 Å². The molecule has 0 atom stereocenters. The fourth-order valence-electron chi connectivity index (χ4n) is 1.05. The number of rotatable bonds is 1. The molecule has 72 valence electrons. The number of nitrogen functional groups attached to an aromatic ring is 1. The molecule has 0 unspecified atom stereocenters. The predicted molar refractivity (Wildman–Crippen MR) is 44.1 cm³/mol. The first-order chi connectivity index (χ1) is 6.68. The topological polar surface area (TPSA) is 64.9 Å². The van der Waals surface area contributed by atoms with Crippen LogP contribution >= 0.6 is 0 Å². The summed E-state index contributed by atoms with van der Waals surface area (Å²) in [5.74, 6) is -1.63. The van der Waals surface area contributed by atoms with E-state index in [1.165, 1.54) is 6.07 Å². The van der Waals surface area contributed by atoms with E-state index in [-0.39, 0.29) is 17.1 Å². The fourth-order valence-corrected chi connectivity index (χ4v) is 1.05. The van der Waals surface area contributed by atoms with Crippen LogP contribution in [0.2, 0.25) is 0 Å². The zero-order valence-corrected chi connectivity index (χ0v) is 6.87. The molecule has 2 rings (SSSR count). The smallest absolute Gasteiger partial charge is 0.175 e. The van der Waals surface area contributed by atoms with Crippen LogP contribution in [0.3, 0.4) is 0 Å². The Labute approximate surface area is 77.3 Å². The molecule has 14 heavy (non-hydrogen) atoms. The first-order valence-corrected chi connectivity index (χ1v) is 3.70. The highest BCUT2D eigenvalue weighted by Gasteiger charge is 2.15. The van der Waals surface area contributed by atoms with E-state index < -0.39 is 11.6 Å². The van der Waals surface area contributed by atoms with Gasteiger partial charge in [0.25, 0.3) is 0 Å². The van der Waals surface area contributed by atoms with Gasteiger partial charge in [-0.3, -0.25) is 4.98 Å². The van der Waals surface area contributed by atoms with E-state index >= 15 is 0 Å². The Morgan fingerprint density at radius 3 is 2.36 bits per heavy atom. The van der Waals surface area contributed by atoms with Crippen molar-refractivity contribution >= 4 is 5.82 Å². The standard InChI is InChI=1S/C8H5F2N3O/c9-4-2-12-3-5(10)8(4)6-1-7(11)13-14-6/h1-3H,(H2,11,13). The number of hydrogen-bond donors (Lipinski definition) is 1. The SMILES string of the molecule is Nc1cc(-c2c(F)cncc2F)on1. The van der Waals surface area contributed by atoms with E-state index in [0.29, 0.717) is 0 Å². The van der Waals surface area contributed by atoms with Gasteiger partial charge in [-0.05, 0) is 0 Å². The van der Waals surface area contributed by atoms with Gasteiger partial charge < -0.3 is 10.3 Å². The molecule has 0 amide bonds. The largest absolute Gasteiger partial charge is 0.381 e. The van der Waals surface area contributed by atoms with Gasteiger partial charge in [0.05, 0.1) is 18.0 Å². The maximum Gasteiger partial charge on any atom is 0.175 e. The Hall–Kier alpha value is -1.98. The minimum Gasteiger partial charge on any atom is -0.381 e. The minimum absolute atomic E-state index is 0.0556. The van der Waals surface area contributed by atoms with E-state index in [0.717, 1.165) is 12.4 Å². The highest BCUT2D eigenvalue weighted by atomic mass is 19.1. The Morgan fingerprint density at radius 1 is 1.21 bits per heavy atom. The van der Waals surface area contributed by atoms with E-state index in [4.69, 9.17) is 5.73 Å². The molecule has 0 radical (unpaired) electrons. The third-order valence-corrected chi connectivity index (χ3v) is 1.63. The lowest BCUT2D eigenvalue weighted by molar-refractivity contribution is 0.429. The number of aromatic nitrogens is 2. The molecule has 2 heterocycles. The molecule has 2 aromatic heterocycles. The van der Waals surface area contributed by atoms with Gasteiger partial charge in [-0.1, -0.05) is 5.16 Å². The highest BCUT2D eigenvalue weighted by molar-refractivity contribution is 5.60. The lowest BCUT2D eigenvalue weighted by Crippen LogP contribution is -1.90. The van der Waals surface area contributed by atoms with Gasteiger partial charge in [-0.25, -0.2) is 8.78 Å². The van der Waals surface area contributed by atoms with Crippen LogP contribution in [0.25, 0.3) is 11.3 Å². The van der Waals surface area contributed by atoms with Crippen LogP contribution in [-0.4, -0.2) is 10.1 Å². The number of hydrogen-bond acceptors (Lipinski definition) is 4. The average molecular weight is 197 g/mol. The van der Waals surface area contributed by atoms with Crippen LogP contribution in [0.1, 0.15) is 0 Å². The van der Waals surface area contributed by atoms with Crippen molar-refractivity contribution in [2.75, 3.05) is 5.73 Å². The second-order valence-electron chi connectivity index (χ2n) is 2.59. The highest BCUT2D eigenvalue weighted by Crippen LogP contribution is 2.26. The Bertz CT molecular complexity index is 449. The van der Waals surface area contributed by atoms with Crippen molar-refractivity contribution < 1.29 is 13.3 Å². The van der Waals surface area contributed by atoms with Gasteiger partial charge in [0.2, 0.25) is 0 Å². The first-order valence-electron chi connectivity index (χ1n) is 3.70. The second-order valence-corrected chi connectivity index (χ2v) is 2.59. The Kier molecular flexibility index (Phi) is 1.88. The van der Waals surface area contributed by atoms with Crippen molar-refractivity contribution in [1.82, 2.24) is 10.1 Å². The summed E-state index contributed by atoms with van der Waals surface area (Å²) in [5, 5.41) is 3.32. The summed E-state index contributed by atoms with van der Waals surface area (Å²) in [6, 6.07) is 1.24. The molecule has 2 aromatic rings. The number of pyridine rings is 1. The van der Waals surface area contributed by atoms with E-state index in [9.17, 15) is 8.78 Å². The van der Waals surface area contributed by atoms with Crippen molar-refractivity contribution in [3.8, 4) is 11.3 Å². The van der Waals surface area contributed by atoms with Crippen molar-refractivity contribution in [3.63, 3.8) is 0 Å². The van der Waals surface area contributed by atoms with Crippen molar-refractivity contribution in [1.29, 1.82) is 0 Å². The maximum absolute atomic E-state index is 13.1. The van der Waals surface area contributed by atoms with Crippen LogP contribution in [0.15, 0.2) is 23.0 Å². The Balaban J connectivity index is 2.61. The first kappa shape index (κ1) is 8.61. The minimum atomic E-state index is -0.818. The van der Waals surface area contributed by atoms with Crippen LogP contribution in [0.4, 0.5) is 14.6 Å². The fraction of sp³-hybridized carbons (Fsp3) is 0. The summed E-state index contributed by atoms with van der Waals surface area (Å²) in [6.45, 7) is 0. The van der Waals surface area contributed by atoms with Gasteiger partial charge >= 0.3 is 0 Å². The molecule has 4 nitrogen and oxygen atoms in total. The summed E-state index contributed by atoms with van der Waals surface area (Å²) >= 11 is 0. The van der Waals surface area contributed by atoms with E-state index in [1.807, 2.05) is 0 Å². The predicted octanol–water partition coefficient (Wildman–Crippen LogP) is 1.60. The van der Waals surface area contributed by atoms with E-state index in [1.54, 1.807) is 0 Å². The van der Waals surface area contributed by atoms with Crippen molar-refractivity contribution in [2.45, 2.75) is 0 Å². The summed E-state index contributed by atoms with van der Waals surface area (Å²) < 4.78 is 30.9. The quantitative estimate of drug-likeness (QED) is 0.753. The average Bonchev–Trinajstić information content (AvgIpc) is 2.51. The van der Waals surface area contributed by atoms with Crippen LogP contribution in [-0.2, 0) is 0 Å². The van der Waals surface area contributed by atoms with Crippen molar-refractivity contribution in [2.24, 2.45) is 0 Å². The molecule has 0 aliphatic heterocycles. The number of nitrogens with two attached hydrogens (primary N) is 1. The molecule has 2 N–H and O–H groups in total. The van der Waals surface area contributed by atoms with Gasteiger partial charge in [-0.15, -0.1) is 0 Å². The molecule has 0 bridgehead atoms. The lowest BCUT2D eigenvalue weighted by Gasteiger charge is -1.97. The number of nitrogens with zero attached hydrogens (tertiary/aromatic N) is 2. The molecular formula is C8H5F2N3O. The molecule has 0 saturated heterocycles. The summed E-state index contributed by atoms with van der Waals surface area (Å²) in [5.41, 5.74) is 4.94. The number of halogens is 2. The molecule has 0 aromatic carbocycles. The zero-order valence-electron chi connectivity index (χ0n) is 6.87. The monoisotopic (exact) mass is 197 g/mol. The van der Waals surface area contributed by atoms with Gasteiger partial charge in [0, 0.05) is 6.07 Å². The van der Waals surface area contributed by atoms with Crippen LogP contribution < -0.4 is 5.73 Å². The molecular weight excluding hydrogens is 192 g/mol. The molecule has 0 spiro atoms. The maximum atomic E-state index is 13.1. The van der Waals surface area contributed by atoms with Gasteiger partial charge in [-0.2, -0.15) is 0 Å². The normalized spacial score (nSPS) is 10.4. The molecule has 0 aliphatic carbocycles. The summed E-state index contributed by atoms with van der Waals surface area (Å²) in [4.78, 5) is 3.33. The molecule has 6 heteroatoms. The number of anilines is 1. The van der Waals surface area contributed by atoms with Gasteiger partial charge in [0.1, 0.15) is 0 Å².